The van der Waals surface area contributed by atoms with Crippen molar-refractivity contribution >= 4 is 21.6 Å². The third-order valence-corrected chi connectivity index (χ3v) is 5.55. The van der Waals surface area contributed by atoms with Crippen molar-refractivity contribution in [1.82, 2.24) is 5.32 Å². The number of hydrogen-bond donors (Lipinski definition) is 1. The molecule has 0 radical (unpaired) electrons. The molecule has 0 saturated heterocycles. The fourth-order valence-electron chi connectivity index (χ4n) is 2.90. The predicted octanol–water partition coefficient (Wildman–Crippen LogP) is 2.75. The number of benzene rings is 2. The first-order chi connectivity index (χ1) is 14.2. The quantitative estimate of drug-likeness (QED) is 0.616. The van der Waals surface area contributed by atoms with Crippen LogP contribution in [-0.4, -0.2) is 48.0 Å². The first-order valence-corrected chi connectivity index (χ1v) is 11.3. The molecule has 0 aliphatic heterocycles. The Labute approximate surface area is 177 Å². The Balaban J connectivity index is 2.14. The van der Waals surface area contributed by atoms with Gasteiger partial charge in [0, 0.05) is 0 Å². The van der Waals surface area contributed by atoms with E-state index in [1.807, 2.05) is 13.0 Å². The highest BCUT2D eigenvalue weighted by Crippen LogP contribution is 2.30. The molecule has 2 rings (SSSR count). The van der Waals surface area contributed by atoms with Crippen LogP contribution in [0.2, 0.25) is 0 Å². The molecule has 1 amide bonds. The van der Waals surface area contributed by atoms with Gasteiger partial charge in [-0.05, 0) is 55.8 Å². The van der Waals surface area contributed by atoms with Crippen molar-refractivity contribution in [2.24, 2.45) is 0 Å². The number of anilines is 1. The highest BCUT2D eigenvalue weighted by molar-refractivity contribution is 7.92. The lowest BCUT2D eigenvalue weighted by atomic mass is 10.1. The van der Waals surface area contributed by atoms with Crippen molar-refractivity contribution in [2.45, 2.75) is 19.9 Å². The van der Waals surface area contributed by atoms with Crippen LogP contribution in [0.3, 0.4) is 0 Å². The summed E-state index contributed by atoms with van der Waals surface area (Å²) in [7, 11) is -0.585. The van der Waals surface area contributed by atoms with Gasteiger partial charge in [0.1, 0.15) is 12.3 Å². The normalized spacial score (nSPS) is 12.0. The standard InChI is InChI=1S/C21H28N2O6S/c1-6-29-18-10-8-17(9-11-18)23(30(5,25)26)14-21(24)22-15(2)16-7-12-19(27-3)20(13-16)28-4/h7-13,15H,6,14H2,1-5H3,(H,22,24)/t15-/m1/s1. The average molecular weight is 437 g/mol. The van der Waals surface area contributed by atoms with Gasteiger partial charge >= 0.3 is 0 Å². The Morgan fingerprint density at radius 2 is 1.70 bits per heavy atom. The molecule has 0 fully saturated rings. The number of carbonyl (C=O) groups excluding carboxylic acids is 1. The largest absolute Gasteiger partial charge is 0.494 e. The topological polar surface area (TPSA) is 94.2 Å². The number of amides is 1. The summed E-state index contributed by atoms with van der Waals surface area (Å²) < 4.78 is 41.5. The van der Waals surface area contributed by atoms with Crippen molar-refractivity contribution in [1.29, 1.82) is 0 Å². The molecule has 0 aliphatic carbocycles. The van der Waals surface area contributed by atoms with Crippen LogP contribution in [0.25, 0.3) is 0 Å². The van der Waals surface area contributed by atoms with E-state index in [0.29, 0.717) is 29.5 Å². The van der Waals surface area contributed by atoms with E-state index in [1.54, 1.807) is 50.4 Å². The van der Waals surface area contributed by atoms with Gasteiger partial charge in [-0.2, -0.15) is 0 Å². The Bertz CT molecular complexity index is 960. The summed E-state index contributed by atoms with van der Waals surface area (Å²) in [6.07, 6.45) is 1.06. The molecule has 2 aromatic rings. The molecule has 0 aromatic heterocycles. The smallest absolute Gasteiger partial charge is 0.241 e. The van der Waals surface area contributed by atoms with E-state index in [0.717, 1.165) is 16.1 Å². The molecule has 0 saturated carbocycles. The highest BCUT2D eigenvalue weighted by atomic mass is 32.2. The van der Waals surface area contributed by atoms with Gasteiger partial charge in [-0.25, -0.2) is 8.42 Å². The van der Waals surface area contributed by atoms with Crippen LogP contribution < -0.4 is 23.8 Å². The summed E-state index contributed by atoms with van der Waals surface area (Å²) in [4.78, 5) is 12.6. The molecule has 164 valence electrons. The second kappa shape index (κ2) is 10.2. The van der Waals surface area contributed by atoms with E-state index in [-0.39, 0.29) is 12.6 Å². The average Bonchev–Trinajstić information content (AvgIpc) is 2.71. The number of ether oxygens (including phenoxy) is 3. The van der Waals surface area contributed by atoms with Crippen LogP contribution >= 0.6 is 0 Å². The minimum atomic E-state index is -3.66. The third-order valence-electron chi connectivity index (χ3n) is 4.41. The number of nitrogens with one attached hydrogen (secondary N) is 1. The van der Waals surface area contributed by atoms with E-state index in [4.69, 9.17) is 14.2 Å². The number of rotatable bonds is 10. The molecule has 0 aliphatic rings. The Hall–Kier alpha value is -2.94. The molecular weight excluding hydrogens is 408 g/mol. The van der Waals surface area contributed by atoms with Crippen molar-refractivity contribution in [3.63, 3.8) is 0 Å². The zero-order valence-electron chi connectivity index (χ0n) is 17.8. The van der Waals surface area contributed by atoms with Crippen LogP contribution in [0, 0.1) is 0 Å². The molecule has 0 bridgehead atoms. The van der Waals surface area contributed by atoms with Crippen LogP contribution in [0.15, 0.2) is 42.5 Å². The summed E-state index contributed by atoms with van der Waals surface area (Å²) >= 11 is 0. The van der Waals surface area contributed by atoms with Gasteiger partial charge in [0.15, 0.2) is 11.5 Å². The maximum Gasteiger partial charge on any atom is 0.241 e. The van der Waals surface area contributed by atoms with Crippen LogP contribution in [0.5, 0.6) is 17.2 Å². The van der Waals surface area contributed by atoms with Crippen molar-refractivity contribution in [2.75, 3.05) is 37.9 Å². The lowest BCUT2D eigenvalue weighted by Gasteiger charge is -2.23. The molecule has 1 atom stereocenters. The second-order valence-corrected chi connectivity index (χ2v) is 8.51. The number of methoxy groups -OCH3 is 2. The van der Waals surface area contributed by atoms with Gasteiger partial charge in [-0.3, -0.25) is 9.10 Å². The van der Waals surface area contributed by atoms with Gasteiger partial charge in [-0.15, -0.1) is 0 Å². The van der Waals surface area contributed by atoms with Crippen LogP contribution in [0.1, 0.15) is 25.5 Å². The van der Waals surface area contributed by atoms with Crippen molar-refractivity contribution in [3.05, 3.63) is 48.0 Å². The van der Waals surface area contributed by atoms with E-state index < -0.39 is 15.9 Å². The van der Waals surface area contributed by atoms with Gasteiger partial charge in [0.05, 0.1) is 38.8 Å². The van der Waals surface area contributed by atoms with E-state index >= 15 is 0 Å². The minimum Gasteiger partial charge on any atom is -0.494 e. The zero-order valence-corrected chi connectivity index (χ0v) is 18.7. The van der Waals surface area contributed by atoms with Gasteiger partial charge in [0.25, 0.3) is 0 Å². The summed E-state index contributed by atoms with van der Waals surface area (Å²) in [5.41, 5.74) is 1.18. The maximum absolute atomic E-state index is 12.6. The molecule has 8 nitrogen and oxygen atoms in total. The number of hydrogen-bond acceptors (Lipinski definition) is 6. The lowest BCUT2D eigenvalue weighted by Crippen LogP contribution is -2.41. The molecule has 9 heteroatoms. The SMILES string of the molecule is CCOc1ccc(N(CC(=O)N[C@H](C)c2ccc(OC)c(OC)c2)S(C)(=O)=O)cc1. The van der Waals surface area contributed by atoms with E-state index in [2.05, 4.69) is 5.32 Å². The van der Waals surface area contributed by atoms with Crippen molar-refractivity contribution in [3.8, 4) is 17.2 Å². The Morgan fingerprint density at radius 1 is 1.07 bits per heavy atom. The fourth-order valence-corrected chi connectivity index (χ4v) is 3.75. The number of sulfonamides is 1. The summed E-state index contributed by atoms with van der Waals surface area (Å²) in [6.45, 7) is 3.83. The number of carbonyl (C=O) groups is 1. The van der Waals surface area contributed by atoms with E-state index in [1.165, 1.54) is 7.11 Å². The zero-order chi connectivity index (χ0) is 22.3. The Kier molecular flexibility index (Phi) is 7.93. The maximum atomic E-state index is 12.6. The first kappa shape index (κ1) is 23.3. The molecule has 1 N–H and O–H groups in total. The van der Waals surface area contributed by atoms with Gasteiger partial charge in [0.2, 0.25) is 15.9 Å². The molecule has 0 unspecified atom stereocenters. The molecule has 30 heavy (non-hydrogen) atoms. The van der Waals surface area contributed by atoms with Crippen molar-refractivity contribution < 1.29 is 27.4 Å². The van der Waals surface area contributed by atoms with Crippen LogP contribution in [-0.2, 0) is 14.8 Å². The molecule has 0 heterocycles. The monoisotopic (exact) mass is 436 g/mol. The third kappa shape index (κ3) is 6.03. The van der Waals surface area contributed by atoms with Crippen LogP contribution in [0.4, 0.5) is 5.69 Å². The summed E-state index contributed by atoms with van der Waals surface area (Å²) in [5, 5.41) is 2.82. The fraction of sp³-hybridized carbons (Fsp3) is 0.381. The van der Waals surface area contributed by atoms with Gasteiger partial charge < -0.3 is 19.5 Å². The summed E-state index contributed by atoms with van der Waals surface area (Å²) in [6, 6.07) is 11.5. The first-order valence-electron chi connectivity index (χ1n) is 9.41. The second-order valence-electron chi connectivity index (χ2n) is 6.60. The predicted molar refractivity (Wildman–Crippen MR) is 116 cm³/mol. The summed E-state index contributed by atoms with van der Waals surface area (Å²) in [5.74, 6) is 1.32. The number of nitrogens with zero attached hydrogens (tertiary/aromatic N) is 1. The minimum absolute atomic E-state index is 0.343. The molecular formula is C21H28N2O6S. The molecule has 0 spiro atoms. The van der Waals surface area contributed by atoms with E-state index in [9.17, 15) is 13.2 Å². The highest BCUT2D eigenvalue weighted by Gasteiger charge is 2.22. The lowest BCUT2D eigenvalue weighted by molar-refractivity contribution is -0.120. The van der Waals surface area contributed by atoms with Gasteiger partial charge in [-0.1, -0.05) is 6.07 Å². The molecule has 2 aromatic carbocycles. The Morgan fingerprint density at radius 3 is 2.23 bits per heavy atom.